The largest absolute Gasteiger partial charge is 0.381 e. The van der Waals surface area contributed by atoms with Crippen LogP contribution in [0.5, 0.6) is 0 Å². The summed E-state index contributed by atoms with van der Waals surface area (Å²) in [4.78, 5) is 0. The SMILES string of the molecule is CC(NCC1(C)CCOCC1)c1ccc(F)c(Cl)c1. The number of halogens is 2. The van der Waals surface area contributed by atoms with Gasteiger partial charge in [-0.25, -0.2) is 4.39 Å². The minimum absolute atomic E-state index is 0.165. The van der Waals surface area contributed by atoms with Crippen molar-refractivity contribution in [3.8, 4) is 0 Å². The van der Waals surface area contributed by atoms with Gasteiger partial charge in [-0.2, -0.15) is 0 Å². The van der Waals surface area contributed by atoms with E-state index in [-0.39, 0.29) is 22.3 Å². The van der Waals surface area contributed by atoms with Crippen LogP contribution in [0.3, 0.4) is 0 Å². The van der Waals surface area contributed by atoms with E-state index < -0.39 is 0 Å². The molecule has 0 saturated carbocycles. The van der Waals surface area contributed by atoms with Crippen LogP contribution in [0.4, 0.5) is 4.39 Å². The molecule has 1 atom stereocenters. The molecule has 19 heavy (non-hydrogen) atoms. The molecule has 0 aliphatic carbocycles. The van der Waals surface area contributed by atoms with Crippen LogP contribution in [-0.2, 0) is 4.74 Å². The lowest BCUT2D eigenvalue weighted by molar-refractivity contribution is 0.0231. The minimum Gasteiger partial charge on any atom is -0.381 e. The molecule has 0 spiro atoms. The molecule has 2 rings (SSSR count). The van der Waals surface area contributed by atoms with Crippen molar-refractivity contribution in [1.82, 2.24) is 5.32 Å². The highest BCUT2D eigenvalue weighted by molar-refractivity contribution is 6.30. The maximum absolute atomic E-state index is 13.1. The Hall–Kier alpha value is -0.640. The Morgan fingerprint density at radius 3 is 2.74 bits per heavy atom. The summed E-state index contributed by atoms with van der Waals surface area (Å²) in [6.45, 7) is 6.98. The van der Waals surface area contributed by atoms with Gasteiger partial charge < -0.3 is 10.1 Å². The van der Waals surface area contributed by atoms with Gasteiger partial charge in [0.15, 0.2) is 0 Å². The fourth-order valence-corrected chi connectivity index (χ4v) is 2.53. The predicted molar refractivity (Wildman–Crippen MR) is 76.0 cm³/mol. The van der Waals surface area contributed by atoms with E-state index in [2.05, 4.69) is 19.2 Å². The summed E-state index contributed by atoms with van der Waals surface area (Å²) in [7, 11) is 0. The van der Waals surface area contributed by atoms with Crippen molar-refractivity contribution in [3.63, 3.8) is 0 Å². The topological polar surface area (TPSA) is 21.3 Å². The van der Waals surface area contributed by atoms with E-state index >= 15 is 0 Å². The molecule has 0 amide bonds. The molecule has 0 radical (unpaired) electrons. The third-order valence-corrected chi connectivity index (χ3v) is 4.27. The number of hydrogen-bond acceptors (Lipinski definition) is 2. The van der Waals surface area contributed by atoms with Crippen molar-refractivity contribution < 1.29 is 9.13 Å². The number of rotatable bonds is 4. The number of benzene rings is 1. The Morgan fingerprint density at radius 1 is 1.42 bits per heavy atom. The Kier molecular flexibility index (Phi) is 4.82. The molecule has 0 aromatic heterocycles. The van der Waals surface area contributed by atoms with Crippen LogP contribution >= 0.6 is 11.6 Å². The van der Waals surface area contributed by atoms with Crippen molar-refractivity contribution in [2.45, 2.75) is 32.7 Å². The molecule has 1 aliphatic heterocycles. The van der Waals surface area contributed by atoms with Crippen LogP contribution in [0.15, 0.2) is 18.2 Å². The van der Waals surface area contributed by atoms with E-state index in [0.717, 1.165) is 38.2 Å². The zero-order chi connectivity index (χ0) is 13.9. The van der Waals surface area contributed by atoms with Gasteiger partial charge in [0.25, 0.3) is 0 Å². The summed E-state index contributed by atoms with van der Waals surface area (Å²) < 4.78 is 18.5. The number of nitrogens with one attached hydrogen (secondary N) is 1. The minimum atomic E-state index is -0.367. The first-order chi connectivity index (χ1) is 9.00. The molecule has 1 aliphatic rings. The van der Waals surface area contributed by atoms with Crippen molar-refractivity contribution in [2.24, 2.45) is 5.41 Å². The van der Waals surface area contributed by atoms with E-state index in [1.807, 2.05) is 0 Å². The fourth-order valence-electron chi connectivity index (χ4n) is 2.34. The zero-order valence-electron chi connectivity index (χ0n) is 11.5. The lowest BCUT2D eigenvalue weighted by atomic mass is 9.82. The van der Waals surface area contributed by atoms with E-state index in [1.165, 1.54) is 6.07 Å². The smallest absolute Gasteiger partial charge is 0.141 e. The molecular formula is C15H21ClFNO. The molecule has 1 fully saturated rings. The summed E-state index contributed by atoms with van der Waals surface area (Å²) in [5.74, 6) is -0.367. The highest BCUT2D eigenvalue weighted by atomic mass is 35.5. The molecule has 1 aromatic rings. The standard InChI is InChI=1S/C15H21ClFNO/c1-11(12-3-4-14(17)13(16)9-12)18-10-15(2)5-7-19-8-6-15/h3-4,9,11,18H,5-8,10H2,1-2H3. The third kappa shape index (κ3) is 3.91. The molecule has 1 aromatic carbocycles. The average molecular weight is 286 g/mol. The van der Waals surface area contributed by atoms with Crippen LogP contribution in [0, 0.1) is 11.2 Å². The lowest BCUT2D eigenvalue weighted by Gasteiger charge is -2.34. The van der Waals surface area contributed by atoms with Gasteiger partial charge in [0.2, 0.25) is 0 Å². The maximum atomic E-state index is 13.1. The van der Waals surface area contributed by atoms with Gasteiger partial charge in [-0.1, -0.05) is 24.6 Å². The molecular weight excluding hydrogens is 265 g/mol. The van der Waals surface area contributed by atoms with Crippen LogP contribution in [0.1, 0.15) is 38.3 Å². The van der Waals surface area contributed by atoms with E-state index in [9.17, 15) is 4.39 Å². The van der Waals surface area contributed by atoms with Crippen molar-refractivity contribution in [3.05, 3.63) is 34.6 Å². The second-order valence-corrected chi connectivity index (χ2v) is 6.11. The molecule has 106 valence electrons. The first-order valence-electron chi connectivity index (χ1n) is 6.76. The van der Waals surface area contributed by atoms with Gasteiger partial charge >= 0.3 is 0 Å². The van der Waals surface area contributed by atoms with Crippen molar-refractivity contribution in [1.29, 1.82) is 0 Å². The van der Waals surface area contributed by atoms with Gasteiger partial charge in [0.05, 0.1) is 5.02 Å². The Labute approximate surface area is 119 Å². The third-order valence-electron chi connectivity index (χ3n) is 3.98. The van der Waals surface area contributed by atoms with Crippen molar-refractivity contribution >= 4 is 11.6 Å². The molecule has 1 saturated heterocycles. The van der Waals surface area contributed by atoms with E-state index in [1.54, 1.807) is 12.1 Å². The van der Waals surface area contributed by atoms with Gasteiger partial charge in [0, 0.05) is 25.8 Å². The lowest BCUT2D eigenvalue weighted by Crippen LogP contribution is -2.37. The summed E-state index contributed by atoms with van der Waals surface area (Å²) >= 11 is 5.81. The monoisotopic (exact) mass is 285 g/mol. The maximum Gasteiger partial charge on any atom is 0.141 e. The summed E-state index contributed by atoms with van der Waals surface area (Å²) in [5, 5.41) is 3.70. The molecule has 0 bridgehead atoms. The first kappa shape index (κ1) is 14.8. The Morgan fingerprint density at radius 2 is 2.11 bits per heavy atom. The first-order valence-corrected chi connectivity index (χ1v) is 7.14. The zero-order valence-corrected chi connectivity index (χ0v) is 12.3. The van der Waals surface area contributed by atoms with E-state index in [4.69, 9.17) is 16.3 Å². The van der Waals surface area contributed by atoms with E-state index in [0.29, 0.717) is 0 Å². The average Bonchev–Trinajstić information content (AvgIpc) is 2.40. The van der Waals surface area contributed by atoms with Crippen LogP contribution < -0.4 is 5.32 Å². The van der Waals surface area contributed by atoms with Crippen LogP contribution in [0.25, 0.3) is 0 Å². The predicted octanol–water partition coefficient (Wildman–Crippen LogP) is 3.95. The van der Waals surface area contributed by atoms with Crippen LogP contribution in [0.2, 0.25) is 5.02 Å². The number of ether oxygens (including phenoxy) is 1. The van der Waals surface area contributed by atoms with Gasteiger partial charge in [0.1, 0.15) is 5.82 Å². The highest BCUT2D eigenvalue weighted by Crippen LogP contribution is 2.30. The normalized spacial score (nSPS) is 20.2. The highest BCUT2D eigenvalue weighted by Gasteiger charge is 2.27. The molecule has 4 heteroatoms. The number of hydrogen-bond donors (Lipinski definition) is 1. The molecule has 1 N–H and O–H groups in total. The molecule has 1 heterocycles. The molecule has 1 unspecified atom stereocenters. The van der Waals surface area contributed by atoms with Crippen molar-refractivity contribution in [2.75, 3.05) is 19.8 Å². The molecule has 2 nitrogen and oxygen atoms in total. The summed E-state index contributed by atoms with van der Waals surface area (Å²) in [5.41, 5.74) is 1.30. The van der Waals surface area contributed by atoms with Gasteiger partial charge in [-0.15, -0.1) is 0 Å². The van der Waals surface area contributed by atoms with Crippen LogP contribution in [-0.4, -0.2) is 19.8 Å². The van der Waals surface area contributed by atoms with Gasteiger partial charge in [-0.3, -0.25) is 0 Å². The quantitative estimate of drug-likeness (QED) is 0.904. The Balaban J connectivity index is 1.93. The summed E-state index contributed by atoms with van der Waals surface area (Å²) in [6, 6.07) is 5.07. The second-order valence-electron chi connectivity index (χ2n) is 5.70. The fraction of sp³-hybridized carbons (Fsp3) is 0.600. The Bertz CT molecular complexity index is 432. The summed E-state index contributed by atoms with van der Waals surface area (Å²) in [6.07, 6.45) is 2.16. The second kappa shape index (κ2) is 6.21. The van der Waals surface area contributed by atoms with Gasteiger partial charge in [-0.05, 0) is 42.9 Å².